The summed E-state index contributed by atoms with van der Waals surface area (Å²) in [6.07, 6.45) is 6.48. The van der Waals surface area contributed by atoms with Crippen LogP contribution >= 0.6 is 0 Å². The Bertz CT molecular complexity index is 1400. The number of aromatic nitrogens is 4. The quantitative estimate of drug-likeness (QED) is 0.372. The van der Waals surface area contributed by atoms with Crippen LogP contribution in [-0.4, -0.2) is 50.7 Å². The molecule has 1 fully saturated rings. The van der Waals surface area contributed by atoms with Gasteiger partial charge in [-0.3, -0.25) is 14.3 Å². The van der Waals surface area contributed by atoms with Crippen molar-refractivity contribution in [2.75, 3.05) is 26.2 Å². The maximum Gasteiger partial charge on any atom is 0.169 e. The van der Waals surface area contributed by atoms with Gasteiger partial charge < -0.3 is 4.74 Å². The molecule has 0 N–H and O–H groups in total. The number of hydrogen-bond acceptors (Lipinski definition) is 5. The molecule has 0 unspecified atom stereocenters. The molecule has 2 aromatic carbocycles. The van der Waals surface area contributed by atoms with Crippen molar-refractivity contribution in [3.63, 3.8) is 0 Å². The van der Waals surface area contributed by atoms with Crippen molar-refractivity contribution in [2.24, 2.45) is 0 Å². The maximum absolute atomic E-state index is 5.94. The van der Waals surface area contributed by atoms with E-state index in [0.29, 0.717) is 0 Å². The highest BCUT2D eigenvalue weighted by molar-refractivity contribution is 5.92. The first-order valence-electron chi connectivity index (χ1n) is 11.5. The van der Waals surface area contributed by atoms with Crippen LogP contribution in [0.3, 0.4) is 0 Å². The van der Waals surface area contributed by atoms with E-state index in [0.717, 1.165) is 58.0 Å². The third-order valence-electron chi connectivity index (χ3n) is 6.36. The molecule has 164 valence electrons. The number of hydrogen-bond donors (Lipinski definition) is 0. The number of pyridine rings is 2. The van der Waals surface area contributed by atoms with E-state index in [1.54, 1.807) is 0 Å². The number of ether oxygens (including phenoxy) is 1. The van der Waals surface area contributed by atoms with Crippen LogP contribution in [0.25, 0.3) is 39.1 Å². The number of rotatable bonds is 6. The highest BCUT2D eigenvalue weighted by Crippen LogP contribution is 2.28. The molecule has 1 aliphatic rings. The molecule has 0 amide bonds. The highest BCUT2D eigenvalue weighted by atomic mass is 16.5. The largest absolute Gasteiger partial charge is 0.492 e. The Morgan fingerprint density at radius 1 is 0.848 bits per heavy atom. The topological polar surface area (TPSA) is 55.6 Å². The van der Waals surface area contributed by atoms with Crippen molar-refractivity contribution in [3.05, 3.63) is 79.1 Å². The Labute approximate surface area is 192 Å². The lowest BCUT2D eigenvalue weighted by Gasteiger charge is -2.15. The van der Waals surface area contributed by atoms with Crippen molar-refractivity contribution in [1.29, 1.82) is 0 Å². The third kappa shape index (κ3) is 3.94. The summed E-state index contributed by atoms with van der Waals surface area (Å²) < 4.78 is 7.97. The van der Waals surface area contributed by atoms with Gasteiger partial charge in [0.1, 0.15) is 12.4 Å². The zero-order valence-electron chi connectivity index (χ0n) is 18.4. The van der Waals surface area contributed by atoms with Crippen molar-refractivity contribution in [1.82, 2.24) is 24.5 Å². The van der Waals surface area contributed by atoms with Gasteiger partial charge in [-0.25, -0.2) is 0 Å². The zero-order valence-corrected chi connectivity index (χ0v) is 18.4. The number of likely N-dealkylation sites (tertiary alicyclic amines) is 1. The van der Waals surface area contributed by atoms with E-state index in [9.17, 15) is 0 Å². The molecule has 33 heavy (non-hydrogen) atoms. The summed E-state index contributed by atoms with van der Waals surface area (Å²) in [5.74, 6) is 1.73. The zero-order chi connectivity index (χ0) is 22.0. The van der Waals surface area contributed by atoms with Crippen LogP contribution in [0.4, 0.5) is 0 Å². The van der Waals surface area contributed by atoms with E-state index >= 15 is 0 Å². The van der Waals surface area contributed by atoms with Crippen molar-refractivity contribution in [3.8, 4) is 28.3 Å². The molecule has 0 saturated carbocycles. The molecule has 6 nitrogen and oxygen atoms in total. The van der Waals surface area contributed by atoms with Gasteiger partial charge in [0.05, 0.1) is 5.52 Å². The van der Waals surface area contributed by atoms with Crippen LogP contribution in [0.2, 0.25) is 0 Å². The molecule has 4 heterocycles. The summed E-state index contributed by atoms with van der Waals surface area (Å²) in [6, 6.07) is 22.6. The average molecular weight is 436 g/mol. The smallest absolute Gasteiger partial charge is 0.169 e. The summed E-state index contributed by atoms with van der Waals surface area (Å²) in [5.41, 5.74) is 5.02. The lowest BCUT2D eigenvalue weighted by atomic mass is 10.1. The summed E-state index contributed by atoms with van der Waals surface area (Å²) in [4.78, 5) is 6.92. The number of fused-ring (bicyclic) bond motifs is 2. The monoisotopic (exact) mass is 435 g/mol. The minimum Gasteiger partial charge on any atom is -0.492 e. The van der Waals surface area contributed by atoms with Crippen LogP contribution in [0.15, 0.2) is 79.1 Å². The molecule has 0 atom stereocenters. The Morgan fingerprint density at radius 2 is 1.70 bits per heavy atom. The molecule has 5 aromatic rings. The van der Waals surface area contributed by atoms with Gasteiger partial charge >= 0.3 is 0 Å². The minimum atomic E-state index is 0.734. The number of nitrogens with zero attached hydrogens (tertiary/aromatic N) is 5. The summed E-state index contributed by atoms with van der Waals surface area (Å²) >= 11 is 0. The predicted molar refractivity (Wildman–Crippen MR) is 130 cm³/mol. The van der Waals surface area contributed by atoms with Crippen LogP contribution < -0.4 is 4.74 Å². The van der Waals surface area contributed by atoms with Crippen LogP contribution in [0.1, 0.15) is 12.8 Å². The van der Waals surface area contributed by atoms with Crippen molar-refractivity contribution in [2.45, 2.75) is 12.8 Å². The summed E-state index contributed by atoms with van der Waals surface area (Å²) in [7, 11) is 0. The molecule has 0 spiro atoms. The molecule has 3 aromatic heterocycles. The highest BCUT2D eigenvalue weighted by Gasteiger charge is 2.13. The molecule has 6 rings (SSSR count). The minimum absolute atomic E-state index is 0.734. The Kier molecular flexibility index (Phi) is 5.20. The van der Waals surface area contributed by atoms with E-state index in [4.69, 9.17) is 4.74 Å². The van der Waals surface area contributed by atoms with Gasteiger partial charge in [-0.05, 0) is 73.5 Å². The SMILES string of the molecule is c1ccc2c(-c3nnc4cc(-c5ccc(OCCN6CCCC6)cc5)ccn34)ccnc2c1. The summed E-state index contributed by atoms with van der Waals surface area (Å²) in [5, 5.41) is 10.0. The second-order valence-electron chi connectivity index (χ2n) is 8.46. The molecule has 0 bridgehead atoms. The molecule has 0 aliphatic carbocycles. The fourth-order valence-electron chi connectivity index (χ4n) is 4.59. The van der Waals surface area contributed by atoms with Crippen molar-refractivity contribution < 1.29 is 4.74 Å². The fraction of sp³-hybridized carbons (Fsp3) is 0.222. The fourth-order valence-corrected chi connectivity index (χ4v) is 4.59. The van der Waals surface area contributed by atoms with Crippen LogP contribution in [0.5, 0.6) is 5.75 Å². The van der Waals surface area contributed by atoms with Gasteiger partial charge in [-0.2, -0.15) is 0 Å². The normalized spacial score (nSPS) is 14.3. The van der Waals surface area contributed by atoms with E-state index in [1.807, 2.05) is 53.2 Å². The van der Waals surface area contributed by atoms with Crippen LogP contribution in [0, 0.1) is 0 Å². The molecule has 1 saturated heterocycles. The average Bonchev–Trinajstić information content (AvgIpc) is 3.54. The second-order valence-corrected chi connectivity index (χ2v) is 8.46. The second kappa shape index (κ2) is 8.64. The first kappa shape index (κ1) is 19.9. The van der Waals surface area contributed by atoms with Gasteiger partial charge in [-0.1, -0.05) is 30.3 Å². The van der Waals surface area contributed by atoms with Crippen LogP contribution in [-0.2, 0) is 0 Å². The third-order valence-corrected chi connectivity index (χ3v) is 6.36. The van der Waals surface area contributed by atoms with Gasteiger partial charge in [0.25, 0.3) is 0 Å². The Morgan fingerprint density at radius 3 is 2.58 bits per heavy atom. The molecular formula is C27H25N5O. The van der Waals surface area contributed by atoms with E-state index in [1.165, 1.54) is 25.9 Å². The lowest BCUT2D eigenvalue weighted by Crippen LogP contribution is -2.25. The predicted octanol–water partition coefficient (Wildman–Crippen LogP) is 5.09. The summed E-state index contributed by atoms with van der Waals surface area (Å²) in [6.45, 7) is 4.14. The van der Waals surface area contributed by atoms with Crippen molar-refractivity contribution >= 4 is 16.6 Å². The van der Waals surface area contributed by atoms with E-state index in [-0.39, 0.29) is 0 Å². The van der Waals surface area contributed by atoms with Gasteiger partial charge in [-0.15, -0.1) is 10.2 Å². The standard InChI is InChI=1S/C27H25N5O/c1-2-6-25-23(5-1)24(11-13-28-25)27-30-29-26-19-21(12-16-32(26)27)20-7-9-22(10-8-20)33-18-17-31-14-3-4-15-31/h1-2,5-13,16,19H,3-4,14-15,17-18H2. The Balaban J connectivity index is 1.23. The molecule has 1 aliphatic heterocycles. The maximum atomic E-state index is 5.94. The number of para-hydroxylation sites is 1. The lowest BCUT2D eigenvalue weighted by molar-refractivity contribution is 0.238. The molecular weight excluding hydrogens is 410 g/mol. The van der Waals surface area contributed by atoms with E-state index in [2.05, 4.69) is 50.4 Å². The first-order valence-corrected chi connectivity index (χ1v) is 11.5. The molecule has 6 heteroatoms. The number of benzene rings is 2. The first-order chi connectivity index (χ1) is 16.3. The van der Waals surface area contributed by atoms with Gasteiger partial charge in [0, 0.05) is 29.9 Å². The Hall–Kier alpha value is -3.77. The van der Waals surface area contributed by atoms with Gasteiger partial charge in [0.15, 0.2) is 11.5 Å². The van der Waals surface area contributed by atoms with E-state index < -0.39 is 0 Å². The molecule has 0 radical (unpaired) electrons. The van der Waals surface area contributed by atoms with Gasteiger partial charge in [0.2, 0.25) is 0 Å².